The zero-order chi connectivity index (χ0) is 16.1. The van der Waals surface area contributed by atoms with Crippen LogP contribution in [0.3, 0.4) is 0 Å². The molecule has 0 aliphatic carbocycles. The Labute approximate surface area is 148 Å². The minimum atomic E-state index is -0.0390. The largest absolute Gasteiger partial charge is 0.493 e. The number of hydrogen-bond donors (Lipinski definition) is 1. The van der Waals surface area contributed by atoms with Crippen LogP contribution in [0.2, 0.25) is 0 Å². The first-order chi connectivity index (χ1) is 10.6. The number of likely N-dealkylation sites (N-methyl/N-ethyl adjacent to an activating group) is 1. The van der Waals surface area contributed by atoms with Crippen molar-refractivity contribution in [3.63, 3.8) is 0 Å². The van der Waals surface area contributed by atoms with E-state index < -0.39 is 0 Å². The van der Waals surface area contributed by atoms with Gasteiger partial charge in [-0.05, 0) is 43.3 Å². The highest BCUT2D eigenvalue weighted by Gasteiger charge is 2.25. The van der Waals surface area contributed by atoms with Crippen LogP contribution in [0.5, 0.6) is 11.5 Å². The van der Waals surface area contributed by atoms with E-state index in [0.717, 1.165) is 29.8 Å². The average Bonchev–Trinajstić information content (AvgIpc) is 3.07. The van der Waals surface area contributed by atoms with Crippen LogP contribution in [-0.4, -0.2) is 50.9 Å². The number of halogens is 1. The molecule has 1 saturated heterocycles. The number of rotatable bonds is 6. The summed E-state index contributed by atoms with van der Waals surface area (Å²) in [7, 11) is 5.10. The minimum Gasteiger partial charge on any atom is -0.493 e. The predicted octanol–water partition coefficient (Wildman–Crippen LogP) is 2.56. The molecular weight excluding hydrogens is 336 g/mol. The third-order valence-electron chi connectivity index (χ3n) is 3.93. The van der Waals surface area contributed by atoms with Crippen LogP contribution in [0.25, 0.3) is 0 Å². The zero-order valence-corrected chi connectivity index (χ0v) is 15.7. The van der Waals surface area contributed by atoms with E-state index in [2.05, 4.69) is 5.32 Å². The van der Waals surface area contributed by atoms with Crippen LogP contribution in [0, 0.1) is 0 Å². The first-order valence-electron chi connectivity index (χ1n) is 7.38. The molecule has 0 saturated carbocycles. The SMILES string of the molecule is COc1cc(CN(C)C(=O)C2CCCN2)c(SC)cc1OC.Cl. The van der Waals surface area contributed by atoms with Crippen LogP contribution in [0.1, 0.15) is 18.4 Å². The molecule has 0 bridgehead atoms. The lowest BCUT2D eigenvalue weighted by molar-refractivity contribution is -0.132. The van der Waals surface area contributed by atoms with Gasteiger partial charge in [-0.2, -0.15) is 0 Å². The second kappa shape index (κ2) is 9.25. The van der Waals surface area contributed by atoms with Crippen LogP contribution in [0.15, 0.2) is 17.0 Å². The quantitative estimate of drug-likeness (QED) is 0.790. The molecule has 1 aromatic carbocycles. The van der Waals surface area contributed by atoms with Gasteiger partial charge in [0.15, 0.2) is 11.5 Å². The third-order valence-corrected chi connectivity index (χ3v) is 4.75. The van der Waals surface area contributed by atoms with Gasteiger partial charge in [0, 0.05) is 18.5 Å². The van der Waals surface area contributed by atoms with Crippen molar-refractivity contribution in [2.45, 2.75) is 30.3 Å². The van der Waals surface area contributed by atoms with Crippen molar-refractivity contribution in [3.8, 4) is 11.5 Å². The fourth-order valence-corrected chi connectivity index (χ4v) is 3.32. The van der Waals surface area contributed by atoms with Gasteiger partial charge in [-0.1, -0.05) is 0 Å². The Bertz CT molecular complexity index is 536. The lowest BCUT2D eigenvalue weighted by atomic mass is 10.1. The normalized spacial score (nSPS) is 16.6. The number of benzene rings is 1. The summed E-state index contributed by atoms with van der Waals surface area (Å²) in [6, 6.07) is 3.88. The fourth-order valence-electron chi connectivity index (χ4n) is 2.71. The monoisotopic (exact) mass is 360 g/mol. The molecule has 1 aliphatic rings. The molecular formula is C16H25ClN2O3S. The van der Waals surface area contributed by atoms with E-state index in [4.69, 9.17) is 9.47 Å². The summed E-state index contributed by atoms with van der Waals surface area (Å²) >= 11 is 1.64. The standard InChI is InChI=1S/C16H24N2O3S.ClH/c1-18(16(19)12-6-5-7-17-12)10-11-8-13(20-2)14(21-3)9-15(11)22-4;/h8-9,12,17H,5-7,10H2,1-4H3;1H. The van der Waals surface area contributed by atoms with Gasteiger partial charge in [0.2, 0.25) is 5.91 Å². The van der Waals surface area contributed by atoms with E-state index in [1.807, 2.05) is 25.4 Å². The minimum absolute atomic E-state index is 0. The molecule has 2 rings (SSSR count). The Morgan fingerprint density at radius 2 is 2.00 bits per heavy atom. The Kier molecular flexibility index (Phi) is 8.02. The number of amides is 1. The molecule has 0 radical (unpaired) electrons. The molecule has 1 unspecified atom stereocenters. The van der Waals surface area contributed by atoms with Crippen LogP contribution >= 0.6 is 24.2 Å². The molecule has 0 spiro atoms. The molecule has 1 atom stereocenters. The van der Waals surface area contributed by atoms with E-state index in [1.54, 1.807) is 30.9 Å². The second-order valence-electron chi connectivity index (χ2n) is 5.36. The van der Waals surface area contributed by atoms with Gasteiger partial charge in [-0.15, -0.1) is 24.2 Å². The van der Waals surface area contributed by atoms with Gasteiger partial charge < -0.3 is 19.7 Å². The molecule has 1 aromatic rings. The maximum atomic E-state index is 12.4. The number of carbonyl (C=O) groups excluding carboxylic acids is 1. The molecule has 1 fully saturated rings. The predicted molar refractivity (Wildman–Crippen MR) is 96.1 cm³/mol. The summed E-state index contributed by atoms with van der Waals surface area (Å²) in [5.41, 5.74) is 1.07. The van der Waals surface area contributed by atoms with E-state index in [9.17, 15) is 4.79 Å². The van der Waals surface area contributed by atoms with Crippen LogP contribution in [0.4, 0.5) is 0 Å². The Morgan fingerprint density at radius 3 is 2.52 bits per heavy atom. The van der Waals surface area contributed by atoms with Gasteiger partial charge in [0.05, 0.1) is 20.3 Å². The molecule has 1 N–H and O–H groups in total. The van der Waals surface area contributed by atoms with Gasteiger partial charge in [0.1, 0.15) is 0 Å². The van der Waals surface area contributed by atoms with Crippen molar-refractivity contribution < 1.29 is 14.3 Å². The molecule has 23 heavy (non-hydrogen) atoms. The molecule has 1 aliphatic heterocycles. The van der Waals surface area contributed by atoms with Gasteiger partial charge >= 0.3 is 0 Å². The van der Waals surface area contributed by atoms with Crippen LogP contribution in [-0.2, 0) is 11.3 Å². The molecule has 7 heteroatoms. The second-order valence-corrected chi connectivity index (χ2v) is 6.21. The highest BCUT2D eigenvalue weighted by Crippen LogP contribution is 2.35. The number of methoxy groups -OCH3 is 2. The summed E-state index contributed by atoms with van der Waals surface area (Å²) in [4.78, 5) is 15.3. The number of hydrogen-bond acceptors (Lipinski definition) is 5. The summed E-state index contributed by atoms with van der Waals surface area (Å²) < 4.78 is 10.7. The fraction of sp³-hybridized carbons (Fsp3) is 0.562. The number of nitrogens with one attached hydrogen (secondary N) is 1. The molecule has 5 nitrogen and oxygen atoms in total. The van der Waals surface area contributed by atoms with Crippen molar-refractivity contribution in [2.24, 2.45) is 0 Å². The molecule has 1 heterocycles. The van der Waals surface area contributed by atoms with Gasteiger partial charge in [0.25, 0.3) is 0 Å². The number of carbonyl (C=O) groups is 1. The Balaban J connectivity index is 0.00000264. The lowest BCUT2D eigenvalue weighted by Gasteiger charge is -2.23. The van der Waals surface area contributed by atoms with Crippen molar-refractivity contribution in [2.75, 3.05) is 34.1 Å². The summed E-state index contributed by atoms with van der Waals surface area (Å²) in [5, 5.41) is 3.25. The van der Waals surface area contributed by atoms with Crippen molar-refractivity contribution in [1.82, 2.24) is 10.2 Å². The topological polar surface area (TPSA) is 50.8 Å². The molecule has 1 amide bonds. The Hall–Kier alpha value is -1.11. The van der Waals surface area contributed by atoms with Gasteiger partial charge in [-0.3, -0.25) is 4.79 Å². The van der Waals surface area contributed by atoms with E-state index in [1.165, 1.54) is 0 Å². The van der Waals surface area contributed by atoms with Crippen LogP contribution < -0.4 is 14.8 Å². The van der Waals surface area contributed by atoms with Crippen molar-refractivity contribution >= 4 is 30.1 Å². The van der Waals surface area contributed by atoms with Crippen molar-refractivity contribution in [3.05, 3.63) is 17.7 Å². The smallest absolute Gasteiger partial charge is 0.239 e. The third kappa shape index (κ3) is 4.68. The van der Waals surface area contributed by atoms with E-state index in [0.29, 0.717) is 18.0 Å². The highest BCUT2D eigenvalue weighted by molar-refractivity contribution is 7.98. The maximum absolute atomic E-state index is 12.4. The first kappa shape index (κ1) is 19.9. The summed E-state index contributed by atoms with van der Waals surface area (Å²) in [6.07, 6.45) is 4.01. The zero-order valence-electron chi connectivity index (χ0n) is 14.0. The molecule has 0 aromatic heterocycles. The molecule has 130 valence electrons. The number of thioether (sulfide) groups is 1. The van der Waals surface area contributed by atoms with Crippen molar-refractivity contribution in [1.29, 1.82) is 0 Å². The number of nitrogens with zero attached hydrogens (tertiary/aromatic N) is 1. The van der Waals surface area contributed by atoms with E-state index in [-0.39, 0.29) is 24.4 Å². The first-order valence-corrected chi connectivity index (χ1v) is 8.60. The highest BCUT2D eigenvalue weighted by atomic mass is 35.5. The average molecular weight is 361 g/mol. The summed E-state index contributed by atoms with van der Waals surface area (Å²) in [6.45, 7) is 1.49. The Morgan fingerprint density at radius 1 is 1.35 bits per heavy atom. The number of ether oxygens (including phenoxy) is 2. The summed E-state index contributed by atoms with van der Waals surface area (Å²) in [5.74, 6) is 1.55. The maximum Gasteiger partial charge on any atom is 0.239 e. The lowest BCUT2D eigenvalue weighted by Crippen LogP contribution is -2.41. The van der Waals surface area contributed by atoms with Gasteiger partial charge in [-0.25, -0.2) is 0 Å². The van der Waals surface area contributed by atoms with E-state index >= 15 is 0 Å².